The number of benzene rings is 1. The molecule has 0 aliphatic rings. The van der Waals surface area contributed by atoms with Gasteiger partial charge in [-0.25, -0.2) is 0 Å². The number of nitrogen functional groups attached to an aromatic ring is 1. The zero-order valence-corrected chi connectivity index (χ0v) is 10.7. The van der Waals surface area contributed by atoms with Crippen LogP contribution in [0, 0.1) is 0 Å². The Balaban J connectivity index is 2.27. The maximum absolute atomic E-state index is 5.56. The van der Waals surface area contributed by atoms with Gasteiger partial charge in [-0.05, 0) is 24.3 Å². The van der Waals surface area contributed by atoms with Gasteiger partial charge < -0.3 is 14.8 Å². The van der Waals surface area contributed by atoms with Gasteiger partial charge in [0.15, 0.2) is 11.6 Å². The van der Waals surface area contributed by atoms with Crippen molar-refractivity contribution in [2.24, 2.45) is 7.05 Å². The van der Waals surface area contributed by atoms with Gasteiger partial charge in [0.1, 0.15) is 0 Å². The molecular weight excluding hydrogens is 282 g/mol. The summed E-state index contributed by atoms with van der Waals surface area (Å²) >= 11 is 3.46. The van der Waals surface area contributed by atoms with Crippen molar-refractivity contribution in [3.05, 3.63) is 34.8 Å². The van der Waals surface area contributed by atoms with Crippen molar-refractivity contribution in [2.45, 2.75) is 0 Å². The quantitative estimate of drug-likeness (QED) is 0.749. The Morgan fingerprint density at radius 3 is 2.82 bits per heavy atom. The highest BCUT2D eigenvalue weighted by Crippen LogP contribution is 2.29. The van der Waals surface area contributed by atoms with Crippen LogP contribution >= 0.6 is 15.9 Å². The van der Waals surface area contributed by atoms with Crippen molar-refractivity contribution in [1.29, 1.82) is 0 Å². The minimum atomic E-state index is 0.395. The molecule has 0 bridgehead atoms. The summed E-state index contributed by atoms with van der Waals surface area (Å²) in [6.07, 6.45) is 0. The number of rotatable bonds is 1. The highest BCUT2D eigenvalue weighted by Gasteiger charge is 2.12. The predicted molar refractivity (Wildman–Crippen MR) is 70.5 cm³/mol. The van der Waals surface area contributed by atoms with E-state index in [0.29, 0.717) is 11.6 Å². The molecule has 5 heteroatoms. The third-order valence-corrected chi connectivity index (χ3v) is 3.28. The summed E-state index contributed by atoms with van der Waals surface area (Å²) in [5.74, 6) is 1.07. The van der Waals surface area contributed by atoms with Gasteiger partial charge >= 0.3 is 0 Å². The van der Waals surface area contributed by atoms with Crippen LogP contribution in [0.25, 0.3) is 22.4 Å². The largest absolute Gasteiger partial charge is 0.381 e. The number of aromatic nitrogens is 2. The van der Waals surface area contributed by atoms with E-state index in [1.807, 2.05) is 13.1 Å². The van der Waals surface area contributed by atoms with Crippen molar-refractivity contribution in [1.82, 2.24) is 9.72 Å². The number of aryl methyl sites for hydroxylation is 1. The van der Waals surface area contributed by atoms with Crippen molar-refractivity contribution in [3.63, 3.8) is 0 Å². The fourth-order valence-electron chi connectivity index (χ4n) is 1.97. The van der Waals surface area contributed by atoms with Crippen LogP contribution in [0.5, 0.6) is 0 Å². The van der Waals surface area contributed by atoms with Crippen molar-refractivity contribution in [2.75, 3.05) is 5.73 Å². The van der Waals surface area contributed by atoms with E-state index < -0.39 is 0 Å². The van der Waals surface area contributed by atoms with Crippen LogP contribution in [0.15, 0.2) is 39.3 Å². The Bertz CT molecular complexity index is 699. The molecule has 3 rings (SSSR count). The lowest BCUT2D eigenvalue weighted by atomic mass is 10.2. The Morgan fingerprint density at radius 2 is 2.12 bits per heavy atom. The van der Waals surface area contributed by atoms with Crippen molar-refractivity contribution >= 4 is 32.7 Å². The van der Waals surface area contributed by atoms with Crippen LogP contribution in [0.3, 0.4) is 0 Å². The van der Waals surface area contributed by atoms with Crippen LogP contribution in [0.4, 0.5) is 5.82 Å². The van der Waals surface area contributed by atoms with Crippen LogP contribution in [0.2, 0.25) is 0 Å². The normalized spacial score (nSPS) is 11.2. The Hall–Kier alpha value is -1.75. The molecule has 0 aliphatic carbocycles. The second-order valence-corrected chi connectivity index (χ2v) is 4.82. The summed E-state index contributed by atoms with van der Waals surface area (Å²) in [5.41, 5.74) is 7.66. The lowest BCUT2D eigenvalue weighted by molar-refractivity contribution is 0.433. The number of halogens is 1. The van der Waals surface area contributed by atoms with E-state index in [2.05, 4.69) is 43.9 Å². The lowest BCUT2D eigenvalue weighted by Gasteiger charge is -1.99. The molecule has 0 spiro atoms. The van der Waals surface area contributed by atoms with Gasteiger partial charge in [0.2, 0.25) is 0 Å². The summed E-state index contributed by atoms with van der Waals surface area (Å²) < 4.78 is 8.30. The molecule has 2 heterocycles. The molecule has 0 unspecified atom stereocenters. The Morgan fingerprint density at radius 1 is 1.29 bits per heavy atom. The first-order valence-corrected chi connectivity index (χ1v) is 5.92. The van der Waals surface area contributed by atoms with E-state index in [1.165, 1.54) is 0 Å². The smallest absolute Gasteiger partial charge is 0.185 e. The number of anilines is 1. The van der Waals surface area contributed by atoms with Gasteiger partial charge in [0, 0.05) is 28.5 Å². The van der Waals surface area contributed by atoms with Crippen LogP contribution < -0.4 is 5.73 Å². The Labute approximate surface area is 106 Å². The molecule has 0 saturated heterocycles. The fraction of sp³-hybridized carbons (Fsp3) is 0.0833. The third-order valence-electron chi connectivity index (χ3n) is 2.79. The van der Waals surface area contributed by atoms with E-state index >= 15 is 0 Å². The second kappa shape index (κ2) is 3.63. The molecule has 0 saturated carbocycles. The number of fused-ring (bicyclic) bond motifs is 1. The maximum Gasteiger partial charge on any atom is 0.185 e. The monoisotopic (exact) mass is 291 g/mol. The average molecular weight is 292 g/mol. The van der Waals surface area contributed by atoms with Crippen molar-refractivity contribution < 1.29 is 4.52 Å². The predicted octanol–water partition coefficient (Wildman–Crippen LogP) is 3.18. The topological polar surface area (TPSA) is 57.0 Å². The summed E-state index contributed by atoms with van der Waals surface area (Å²) in [4.78, 5) is 0. The molecule has 17 heavy (non-hydrogen) atoms. The van der Waals surface area contributed by atoms with Crippen LogP contribution in [-0.2, 0) is 7.05 Å². The third kappa shape index (κ3) is 1.63. The van der Waals surface area contributed by atoms with E-state index in [4.69, 9.17) is 10.3 Å². The minimum Gasteiger partial charge on any atom is -0.381 e. The first-order valence-electron chi connectivity index (χ1n) is 5.13. The number of nitrogens with two attached hydrogens (primary N) is 1. The van der Waals surface area contributed by atoms with E-state index in [0.717, 1.165) is 21.1 Å². The van der Waals surface area contributed by atoms with Crippen LogP contribution in [-0.4, -0.2) is 9.72 Å². The molecule has 0 amide bonds. The van der Waals surface area contributed by atoms with E-state index in [1.54, 1.807) is 6.07 Å². The molecule has 0 radical (unpaired) electrons. The van der Waals surface area contributed by atoms with Gasteiger partial charge in [-0.15, -0.1) is 0 Å². The number of hydrogen-bond acceptors (Lipinski definition) is 3. The molecule has 86 valence electrons. The average Bonchev–Trinajstić information content (AvgIpc) is 2.83. The first kappa shape index (κ1) is 10.4. The molecular formula is C12H10BrN3O. The Kier molecular flexibility index (Phi) is 2.22. The molecule has 2 N–H and O–H groups in total. The summed E-state index contributed by atoms with van der Waals surface area (Å²) in [6.45, 7) is 0. The van der Waals surface area contributed by atoms with Gasteiger partial charge in [0.25, 0.3) is 0 Å². The summed E-state index contributed by atoms with van der Waals surface area (Å²) in [6, 6.07) is 9.92. The standard InChI is InChI=1S/C12H10BrN3O/c1-16-9-3-2-8(13)4-7(9)5-10(16)11-6-12(14)15-17-11/h2-6H,1H3,(H2,14,15). The minimum absolute atomic E-state index is 0.395. The SMILES string of the molecule is Cn1c(-c2cc(N)no2)cc2cc(Br)ccc21. The number of hydrogen-bond donors (Lipinski definition) is 1. The highest BCUT2D eigenvalue weighted by atomic mass is 79.9. The maximum atomic E-state index is 5.56. The van der Waals surface area contributed by atoms with Gasteiger partial charge in [-0.2, -0.15) is 0 Å². The van der Waals surface area contributed by atoms with E-state index in [-0.39, 0.29) is 0 Å². The fourth-order valence-corrected chi connectivity index (χ4v) is 2.35. The zero-order chi connectivity index (χ0) is 12.0. The van der Waals surface area contributed by atoms with Gasteiger partial charge in [-0.1, -0.05) is 21.1 Å². The highest BCUT2D eigenvalue weighted by molar-refractivity contribution is 9.10. The number of nitrogens with zero attached hydrogens (tertiary/aromatic N) is 2. The van der Waals surface area contributed by atoms with Gasteiger partial charge in [0.05, 0.1) is 5.69 Å². The van der Waals surface area contributed by atoms with Crippen molar-refractivity contribution in [3.8, 4) is 11.5 Å². The first-order chi connectivity index (χ1) is 8.15. The second-order valence-electron chi connectivity index (χ2n) is 3.91. The van der Waals surface area contributed by atoms with Gasteiger partial charge in [-0.3, -0.25) is 0 Å². The molecule has 0 fully saturated rings. The molecule has 3 aromatic rings. The molecule has 2 aromatic heterocycles. The molecule has 0 atom stereocenters. The van der Waals surface area contributed by atoms with Crippen LogP contribution in [0.1, 0.15) is 0 Å². The summed E-state index contributed by atoms with van der Waals surface area (Å²) in [7, 11) is 1.99. The summed E-state index contributed by atoms with van der Waals surface area (Å²) in [5, 5.41) is 4.85. The molecule has 4 nitrogen and oxygen atoms in total. The molecule has 1 aromatic carbocycles. The molecule has 0 aliphatic heterocycles. The zero-order valence-electron chi connectivity index (χ0n) is 9.14. The lowest BCUT2D eigenvalue weighted by Crippen LogP contribution is -1.89. The van der Waals surface area contributed by atoms with E-state index in [9.17, 15) is 0 Å².